The van der Waals surface area contributed by atoms with Crippen molar-refractivity contribution in [3.05, 3.63) is 42.5 Å². The first-order valence-electron chi connectivity index (χ1n) is 15.6. The second kappa shape index (κ2) is 12.9. The van der Waals surface area contributed by atoms with Gasteiger partial charge in [-0.15, -0.1) is 0 Å². The van der Waals surface area contributed by atoms with E-state index < -0.39 is 5.60 Å². The van der Waals surface area contributed by atoms with Gasteiger partial charge in [0.1, 0.15) is 16.9 Å². The molecule has 11 heteroatoms. The molecule has 6 rings (SSSR count). The topological polar surface area (TPSA) is 115 Å². The molecule has 3 aliphatic rings. The van der Waals surface area contributed by atoms with Crippen LogP contribution in [0.1, 0.15) is 70.9 Å². The van der Waals surface area contributed by atoms with E-state index in [1.807, 2.05) is 33.0 Å². The minimum atomic E-state index is -0.483. The molecule has 1 aromatic carbocycles. The van der Waals surface area contributed by atoms with Gasteiger partial charge in [-0.2, -0.15) is 0 Å². The average molecular weight is 590 g/mol. The molecule has 1 amide bonds. The smallest absolute Gasteiger partial charge is 0.410 e. The molecule has 43 heavy (non-hydrogen) atoms. The van der Waals surface area contributed by atoms with Crippen LogP contribution in [-0.2, 0) is 9.47 Å². The number of amides is 1. The summed E-state index contributed by atoms with van der Waals surface area (Å²) in [6.07, 6.45) is 10.7. The van der Waals surface area contributed by atoms with E-state index in [1.54, 1.807) is 17.3 Å². The van der Waals surface area contributed by atoms with Crippen LogP contribution in [0.3, 0.4) is 0 Å². The number of piperidine rings is 1. The Morgan fingerprint density at radius 2 is 1.67 bits per heavy atom. The van der Waals surface area contributed by atoms with Gasteiger partial charge in [0.25, 0.3) is 0 Å². The quantitative estimate of drug-likeness (QED) is 0.413. The fraction of sp³-hybridized carbons (Fsp3) is 0.594. The zero-order valence-electron chi connectivity index (χ0n) is 25.5. The van der Waals surface area contributed by atoms with E-state index in [4.69, 9.17) is 19.2 Å². The number of nitrogens with zero attached hydrogens (tertiary/aromatic N) is 6. The fourth-order valence-electron chi connectivity index (χ4n) is 6.16. The van der Waals surface area contributed by atoms with E-state index in [2.05, 4.69) is 37.3 Å². The Morgan fingerprint density at radius 3 is 2.42 bits per heavy atom. The number of carbonyl (C=O) groups is 1. The van der Waals surface area contributed by atoms with Gasteiger partial charge in [-0.25, -0.2) is 19.7 Å². The Hall–Kier alpha value is -3.73. The van der Waals surface area contributed by atoms with Crippen LogP contribution in [0.25, 0.3) is 11.0 Å². The Kier molecular flexibility index (Phi) is 8.78. The number of aromatic nitrogens is 4. The normalized spacial score (nSPS) is 21.9. The van der Waals surface area contributed by atoms with Crippen LogP contribution in [0, 0.1) is 0 Å². The van der Waals surface area contributed by atoms with Crippen molar-refractivity contribution in [2.24, 2.45) is 0 Å². The summed E-state index contributed by atoms with van der Waals surface area (Å²) >= 11 is 0. The predicted octanol–water partition coefficient (Wildman–Crippen LogP) is 5.17. The molecule has 11 nitrogen and oxygen atoms in total. The van der Waals surface area contributed by atoms with Crippen LogP contribution >= 0.6 is 0 Å². The van der Waals surface area contributed by atoms with E-state index in [1.165, 1.54) is 0 Å². The molecule has 2 aromatic heterocycles. The fourth-order valence-corrected chi connectivity index (χ4v) is 6.16. The molecule has 3 fully saturated rings. The van der Waals surface area contributed by atoms with E-state index in [9.17, 15) is 4.79 Å². The summed E-state index contributed by atoms with van der Waals surface area (Å²) in [5, 5.41) is 3.58. The molecule has 2 saturated heterocycles. The van der Waals surface area contributed by atoms with Gasteiger partial charge in [-0.05, 0) is 71.4 Å². The Morgan fingerprint density at radius 1 is 0.930 bits per heavy atom. The molecule has 1 aliphatic carbocycles. The van der Waals surface area contributed by atoms with Crippen LogP contribution in [0.2, 0.25) is 0 Å². The van der Waals surface area contributed by atoms with Crippen molar-refractivity contribution in [1.82, 2.24) is 24.8 Å². The summed E-state index contributed by atoms with van der Waals surface area (Å²) in [7, 11) is 0. The molecule has 3 aromatic rings. The molecule has 4 heterocycles. The number of benzene rings is 1. The molecule has 0 bridgehead atoms. The van der Waals surface area contributed by atoms with Crippen LogP contribution < -0.4 is 15.0 Å². The Labute approximate surface area is 253 Å². The van der Waals surface area contributed by atoms with Crippen molar-refractivity contribution in [3.63, 3.8) is 0 Å². The number of hydrogen-bond acceptors (Lipinski definition) is 10. The zero-order chi connectivity index (χ0) is 29.8. The van der Waals surface area contributed by atoms with Crippen molar-refractivity contribution in [3.8, 4) is 5.75 Å². The maximum absolute atomic E-state index is 12.4. The summed E-state index contributed by atoms with van der Waals surface area (Å²) < 4.78 is 17.7. The lowest BCUT2D eigenvalue weighted by molar-refractivity contribution is 0.0204. The summed E-state index contributed by atoms with van der Waals surface area (Å²) in [6.45, 7) is 10.2. The largest absolute Gasteiger partial charge is 0.488 e. The number of morpholine rings is 1. The second-order valence-corrected chi connectivity index (χ2v) is 12.7. The van der Waals surface area contributed by atoms with E-state index in [0.717, 1.165) is 93.0 Å². The third kappa shape index (κ3) is 7.44. The molecular formula is C32H43N7O4. The first-order chi connectivity index (χ1) is 20.8. The lowest BCUT2D eigenvalue weighted by Crippen LogP contribution is -2.41. The Balaban J connectivity index is 1.03. The third-order valence-corrected chi connectivity index (χ3v) is 8.44. The van der Waals surface area contributed by atoms with Gasteiger partial charge in [0.05, 0.1) is 24.8 Å². The number of hydrogen-bond donors (Lipinski definition) is 1. The number of fused-ring (bicyclic) bond motifs is 1. The summed E-state index contributed by atoms with van der Waals surface area (Å²) in [6, 6.07) is 6.51. The van der Waals surface area contributed by atoms with Gasteiger partial charge >= 0.3 is 6.09 Å². The van der Waals surface area contributed by atoms with Crippen LogP contribution in [0.5, 0.6) is 5.75 Å². The highest BCUT2D eigenvalue weighted by Crippen LogP contribution is 2.34. The molecular weight excluding hydrogens is 546 g/mol. The lowest BCUT2D eigenvalue weighted by Gasteiger charge is -2.33. The maximum Gasteiger partial charge on any atom is 0.410 e. The molecule has 230 valence electrons. The van der Waals surface area contributed by atoms with E-state index in [0.29, 0.717) is 31.0 Å². The molecule has 0 atom stereocenters. The molecule has 1 N–H and O–H groups in total. The van der Waals surface area contributed by atoms with Crippen molar-refractivity contribution < 1.29 is 19.0 Å². The summed E-state index contributed by atoms with van der Waals surface area (Å²) in [5.74, 6) is 1.78. The van der Waals surface area contributed by atoms with Crippen molar-refractivity contribution >= 4 is 28.8 Å². The highest BCUT2D eigenvalue weighted by molar-refractivity contribution is 5.85. The summed E-state index contributed by atoms with van der Waals surface area (Å²) in [5.41, 5.74) is 3.32. The number of anilines is 2. The zero-order valence-corrected chi connectivity index (χ0v) is 25.5. The summed E-state index contributed by atoms with van der Waals surface area (Å²) in [4.78, 5) is 35.1. The van der Waals surface area contributed by atoms with E-state index in [-0.39, 0.29) is 12.2 Å². The molecule has 0 radical (unpaired) electrons. The van der Waals surface area contributed by atoms with Crippen molar-refractivity contribution in [1.29, 1.82) is 0 Å². The lowest BCUT2D eigenvalue weighted by atomic mass is 9.92. The molecule has 0 unspecified atom stereocenters. The maximum atomic E-state index is 12.4. The highest BCUT2D eigenvalue weighted by atomic mass is 16.6. The van der Waals surface area contributed by atoms with Gasteiger partial charge in [-0.1, -0.05) is 0 Å². The van der Waals surface area contributed by atoms with Gasteiger partial charge in [0, 0.05) is 74.2 Å². The first-order valence-corrected chi connectivity index (χ1v) is 15.6. The monoisotopic (exact) mass is 589 g/mol. The first kappa shape index (κ1) is 29.3. The molecule has 1 saturated carbocycles. The molecule has 0 spiro atoms. The Bertz CT molecular complexity index is 1390. The number of nitrogens with one attached hydrogen (secondary N) is 1. The minimum absolute atomic E-state index is 0.116. The average Bonchev–Trinajstić information content (AvgIpc) is 3.02. The predicted molar refractivity (Wildman–Crippen MR) is 165 cm³/mol. The standard InChI is InChI=1S/C32H43N7O4/c1-32(2,3)43-31(40)39-14-9-22(10-15-39)26-8-11-35-30(37-26)36-23-4-6-25(7-5-23)42-28-21-24(38-16-18-41-19-17-38)20-27-29(28)34-13-12-33-27/h8,11-13,20-23,25H,4-7,9-10,14-19H2,1-3H3,(H,35,36,37)/t23-,25+. The minimum Gasteiger partial charge on any atom is -0.488 e. The van der Waals surface area contributed by atoms with Gasteiger partial charge in [0.2, 0.25) is 5.95 Å². The van der Waals surface area contributed by atoms with Crippen LogP contribution in [-0.4, -0.2) is 88.1 Å². The highest BCUT2D eigenvalue weighted by Gasteiger charge is 2.29. The molecule has 2 aliphatic heterocycles. The number of carbonyl (C=O) groups excluding carboxylic acids is 1. The van der Waals surface area contributed by atoms with Crippen molar-refractivity contribution in [2.75, 3.05) is 49.6 Å². The van der Waals surface area contributed by atoms with E-state index >= 15 is 0 Å². The number of likely N-dealkylation sites (tertiary alicyclic amines) is 1. The van der Waals surface area contributed by atoms with Crippen LogP contribution in [0.15, 0.2) is 36.8 Å². The SMILES string of the molecule is CC(C)(C)OC(=O)N1CCC(c2ccnc(N[C@H]3CC[C@@H](Oc4cc(N5CCOCC5)cc5nccnc45)CC3)n2)CC1. The second-order valence-electron chi connectivity index (χ2n) is 12.7. The van der Waals surface area contributed by atoms with Gasteiger partial charge in [-0.3, -0.25) is 4.98 Å². The number of rotatable bonds is 6. The van der Waals surface area contributed by atoms with Gasteiger partial charge in [0.15, 0.2) is 0 Å². The third-order valence-electron chi connectivity index (χ3n) is 8.44. The van der Waals surface area contributed by atoms with Crippen molar-refractivity contribution in [2.45, 2.75) is 83.0 Å². The van der Waals surface area contributed by atoms with Gasteiger partial charge < -0.3 is 29.3 Å². The van der Waals surface area contributed by atoms with Crippen LogP contribution in [0.4, 0.5) is 16.4 Å². The number of ether oxygens (including phenoxy) is 3.